The van der Waals surface area contributed by atoms with E-state index in [1.807, 2.05) is 5.38 Å². The lowest BCUT2D eigenvalue weighted by molar-refractivity contribution is -0.269. The summed E-state index contributed by atoms with van der Waals surface area (Å²) in [6.07, 6.45) is -1.97. The lowest BCUT2D eigenvalue weighted by Gasteiger charge is -2.40. The van der Waals surface area contributed by atoms with Gasteiger partial charge in [-0.05, 0) is 63.5 Å². The van der Waals surface area contributed by atoms with Crippen LogP contribution in [0, 0.1) is 5.92 Å². The summed E-state index contributed by atoms with van der Waals surface area (Å²) in [6.45, 7) is 10.3. The molecule has 1 saturated heterocycles. The number of hydrogen-bond donors (Lipinski definition) is 5. The number of benzene rings is 1. The van der Waals surface area contributed by atoms with Crippen molar-refractivity contribution in [2.45, 2.75) is 96.2 Å². The number of para-hydroxylation sites is 1. The zero-order valence-corrected chi connectivity index (χ0v) is 32.6. The van der Waals surface area contributed by atoms with E-state index >= 15 is 0 Å². The zero-order chi connectivity index (χ0) is 39.6. The molecule has 1 aromatic carbocycles. The number of piperidine rings is 1. The number of nitrogens with one attached hydrogen (secondary N) is 3. The van der Waals surface area contributed by atoms with Crippen LogP contribution in [0.2, 0.25) is 0 Å². The highest BCUT2D eigenvalue weighted by Crippen LogP contribution is 2.36. The van der Waals surface area contributed by atoms with E-state index in [9.17, 15) is 32.4 Å². The fourth-order valence-electron chi connectivity index (χ4n) is 5.80. The summed E-state index contributed by atoms with van der Waals surface area (Å²) >= 11 is 1.35. The Hall–Kier alpha value is -4.46. The van der Waals surface area contributed by atoms with Crippen LogP contribution in [0.25, 0.3) is 10.4 Å². The Balaban J connectivity index is 2.08. The topological polar surface area (TPSA) is 242 Å². The van der Waals surface area contributed by atoms with Crippen LogP contribution in [0.5, 0.6) is 0 Å². The van der Waals surface area contributed by atoms with Crippen molar-refractivity contribution in [1.82, 2.24) is 19.8 Å². The maximum atomic E-state index is 14.3. The number of nitrogens with two attached hydrogens (primary N) is 2. The maximum absolute atomic E-state index is 14.3. The first-order chi connectivity index (χ1) is 24.8. The molecule has 1 fully saturated rings. The highest BCUT2D eigenvalue weighted by molar-refractivity contribution is 7.89. The second kappa shape index (κ2) is 18.5. The number of amides is 5. The summed E-state index contributed by atoms with van der Waals surface area (Å²) in [5.41, 5.74) is 10.1. The molecule has 1 aromatic heterocycles. The minimum atomic E-state index is -4.55. The van der Waals surface area contributed by atoms with Gasteiger partial charge in [0.1, 0.15) is 16.5 Å². The molecular weight excluding hydrogens is 731 g/mol. The van der Waals surface area contributed by atoms with Crippen LogP contribution in [0.3, 0.4) is 0 Å². The molecule has 1 aliphatic rings. The number of carbonyl (C=O) groups excluding carboxylic acids is 5. The molecular formula is C34H51N7O10S2. The minimum absolute atomic E-state index is 0.0461. The molecule has 294 valence electrons. The third-order valence-electron chi connectivity index (χ3n) is 8.41. The van der Waals surface area contributed by atoms with Gasteiger partial charge in [-0.15, -0.1) is 11.3 Å². The van der Waals surface area contributed by atoms with E-state index < -0.39 is 57.8 Å². The van der Waals surface area contributed by atoms with Gasteiger partial charge in [-0.2, -0.15) is 4.72 Å². The van der Waals surface area contributed by atoms with Crippen LogP contribution in [-0.4, -0.2) is 92.2 Å². The third kappa shape index (κ3) is 12.0. The van der Waals surface area contributed by atoms with Gasteiger partial charge in [0.2, 0.25) is 21.8 Å². The number of thiophene rings is 1. The summed E-state index contributed by atoms with van der Waals surface area (Å²) in [5, 5.41) is 6.74. The predicted octanol–water partition coefficient (Wildman–Crippen LogP) is 4.10. The molecule has 0 saturated carbocycles. The van der Waals surface area contributed by atoms with Gasteiger partial charge in [-0.25, -0.2) is 33.0 Å². The first-order valence-corrected chi connectivity index (χ1v) is 19.7. The van der Waals surface area contributed by atoms with E-state index in [0.29, 0.717) is 29.4 Å². The molecule has 2 heterocycles. The Morgan fingerprint density at radius 2 is 1.62 bits per heavy atom. The molecule has 17 nitrogen and oxygen atoms in total. The van der Waals surface area contributed by atoms with Gasteiger partial charge in [0.05, 0.1) is 5.69 Å². The van der Waals surface area contributed by atoms with E-state index in [1.165, 1.54) is 23.5 Å². The minimum Gasteiger partial charge on any atom is -0.444 e. The Morgan fingerprint density at radius 1 is 0.981 bits per heavy atom. The van der Waals surface area contributed by atoms with Crippen LogP contribution in [-0.2, 0) is 33.8 Å². The fraction of sp³-hybridized carbons (Fsp3) is 0.559. The Morgan fingerprint density at radius 3 is 2.13 bits per heavy atom. The summed E-state index contributed by atoms with van der Waals surface area (Å²) in [6, 6.07) is 3.94. The number of alkyl carbamates (subject to hydrolysis) is 1. The quantitative estimate of drug-likeness (QED) is 0.152. The number of carbonyl (C=O) groups is 5. The zero-order valence-electron chi connectivity index (χ0n) is 30.9. The van der Waals surface area contributed by atoms with E-state index in [4.69, 9.17) is 25.7 Å². The molecule has 0 spiro atoms. The van der Waals surface area contributed by atoms with Crippen molar-refractivity contribution < 1.29 is 46.6 Å². The monoisotopic (exact) mass is 781 g/mol. The first kappa shape index (κ1) is 42.9. The van der Waals surface area contributed by atoms with Crippen LogP contribution in [0.1, 0.15) is 73.6 Å². The Kier molecular flexibility index (Phi) is 15.0. The fourth-order valence-corrected chi connectivity index (χ4v) is 7.96. The van der Waals surface area contributed by atoms with Crippen molar-refractivity contribution in [1.29, 1.82) is 0 Å². The Bertz CT molecular complexity index is 1690. The highest BCUT2D eigenvalue weighted by atomic mass is 32.2. The molecule has 0 bridgehead atoms. The van der Waals surface area contributed by atoms with Gasteiger partial charge in [0, 0.05) is 43.0 Å². The smallest absolute Gasteiger partial charge is 0.419 e. The number of nitrogens with zero attached hydrogens (tertiary/aromatic N) is 2. The molecule has 3 rings (SSSR count). The van der Waals surface area contributed by atoms with Crippen molar-refractivity contribution in [3.05, 3.63) is 35.7 Å². The van der Waals surface area contributed by atoms with Crippen molar-refractivity contribution in [2.75, 3.05) is 31.5 Å². The van der Waals surface area contributed by atoms with Gasteiger partial charge in [-0.3, -0.25) is 9.59 Å². The van der Waals surface area contributed by atoms with Crippen molar-refractivity contribution in [3.63, 3.8) is 0 Å². The molecule has 2 aromatic rings. The van der Waals surface area contributed by atoms with E-state index in [-0.39, 0.29) is 36.5 Å². The molecule has 53 heavy (non-hydrogen) atoms. The second-order valence-electron chi connectivity index (χ2n) is 13.3. The standard InChI is InChI=1S/C34H51N7O10S2/c1-7-22-15-18-40(19-16-22)29(43)24(17-20-41(9-3)34(49-30(35)44,50-31(36)45)38-32(46)51-33(4,5)6)39-53(47,48)26-14-10-12-23(25-13-11-21-52-25)28(26)37-27(42)8-2/h10-14,21-22,24,39H,7-9,15-20H2,1-6H3,(H2,35,44)(H2,36,45)(H,37,42)(H,38,46)/t24-/m0/s1. The van der Waals surface area contributed by atoms with Gasteiger partial charge in [-0.1, -0.05) is 45.4 Å². The summed E-state index contributed by atoms with van der Waals surface area (Å²) in [5.74, 6) is -0.552. The number of rotatable bonds is 16. The lowest BCUT2D eigenvalue weighted by atomic mass is 9.94. The van der Waals surface area contributed by atoms with Crippen LogP contribution in [0.4, 0.5) is 20.1 Å². The summed E-state index contributed by atoms with van der Waals surface area (Å²) in [4.78, 5) is 67.2. The van der Waals surface area contributed by atoms with Gasteiger partial charge >= 0.3 is 24.3 Å². The van der Waals surface area contributed by atoms with Gasteiger partial charge in [0.25, 0.3) is 0 Å². The summed E-state index contributed by atoms with van der Waals surface area (Å²) < 4.78 is 46.8. The van der Waals surface area contributed by atoms with Crippen LogP contribution < -0.4 is 26.8 Å². The molecule has 0 aliphatic carbocycles. The number of sulfonamides is 1. The van der Waals surface area contributed by atoms with E-state index in [2.05, 4.69) is 22.3 Å². The molecule has 1 atom stereocenters. The second-order valence-corrected chi connectivity index (χ2v) is 16.0. The number of likely N-dealkylation sites (tertiary alicyclic amines) is 1. The van der Waals surface area contributed by atoms with Gasteiger partial charge < -0.3 is 35.9 Å². The molecule has 19 heteroatoms. The molecule has 7 N–H and O–H groups in total. The third-order valence-corrected chi connectivity index (χ3v) is 10.8. The van der Waals surface area contributed by atoms with Crippen molar-refractivity contribution in [2.24, 2.45) is 17.4 Å². The van der Waals surface area contributed by atoms with Crippen molar-refractivity contribution >= 4 is 57.1 Å². The lowest BCUT2D eigenvalue weighted by Crippen LogP contribution is -2.67. The maximum Gasteiger partial charge on any atom is 0.419 e. The molecule has 0 radical (unpaired) electrons. The number of primary amides is 2. The van der Waals surface area contributed by atoms with E-state index in [1.54, 1.807) is 57.7 Å². The molecule has 0 unspecified atom stereocenters. The SMILES string of the molecule is CCC(=O)Nc1c(-c2cccs2)cccc1S(=O)(=O)N[C@@H](CCN(CC)C(NC(=O)OC(C)(C)C)(OC(N)=O)OC(N)=O)C(=O)N1CCC(CC)CC1. The van der Waals surface area contributed by atoms with Gasteiger partial charge in [0.15, 0.2) is 0 Å². The van der Waals surface area contributed by atoms with Crippen molar-refractivity contribution in [3.8, 4) is 10.4 Å². The summed E-state index contributed by atoms with van der Waals surface area (Å²) in [7, 11) is -4.55. The average molecular weight is 782 g/mol. The van der Waals surface area contributed by atoms with E-state index in [0.717, 1.165) is 24.2 Å². The Labute approximate surface area is 314 Å². The number of anilines is 1. The predicted molar refractivity (Wildman–Crippen MR) is 198 cm³/mol. The highest BCUT2D eigenvalue weighted by Gasteiger charge is 2.48. The average Bonchev–Trinajstić information content (AvgIpc) is 3.61. The number of ether oxygens (including phenoxy) is 3. The number of hydrogen-bond acceptors (Lipinski definition) is 12. The van der Waals surface area contributed by atoms with Crippen LogP contribution in [0.15, 0.2) is 40.6 Å². The molecule has 1 aliphatic heterocycles. The normalized spacial score (nSPS) is 14.7. The molecule has 5 amide bonds. The largest absolute Gasteiger partial charge is 0.444 e. The van der Waals surface area contributed by atoms with Crippen LogP contribution >= 0.6 is 11.3 Å². The first-order valence-electron chi connectivity index (χ1n) is 17.4.